The van der Waals surface area contributed by atoms with Gasteiger partial charge >= 0.3 is 0 Å². The van der Waals surface area contributed by atoms with Gasteiger partial charge in [0.15, 0.2) is 0 Å². The molecule has 0 bridgehead atoms. The third-order valence-corrected chi connectivity index (χ3v) is 5.22. The third kappa shape index (κ3) is 1.73. The number of rotatable bonds is 1. The van der Waals surface area contributed by atoms with Crippen LogP contribution in [0.5, 0.6) is 0 Å². The number of benzene rings is 1. The number of carbonyl (C=O) groups excluding carboxylic acids is 1. The maximum absolute atomic E-state index is 12.9. The van der Waals surface area contributed by atoms with Gasteiger partial charge in [0.25, 0.3) is 0 Å². The number of hydrogen-bond donors (Lipinski definition) is 0. The average Bonchev–Trinajstić information content (AvgIpc) is 3.03. The fourth-order valence-electron chi connectivity index (χ4n) is 4.10. The first-order valence-electron chi connectivity index (χ1n) is 7.75. The fourth-order valence-corrected chi connectivity index (χ4v) is 4.10. The normalized spacial score (nSPS) is 26.5. The lowest BCUT2D eigenvalue weighted by Crippen LogP contribution is -2.39. The molecule has 2 heterocycles. The molecule has 108 valence electrons. The molecule has 1 saturated carbocycles. The highest BCUT2D eigenvalue weighted by molar-refractivity contribution is 5.89. The molecule has 2 aromatic rings. The molecule has 1 aliphatic heterocycles. The Hall–Kier alpha value is -1.90. The van der Waals surface area contributed by atoms with Crippen molar-refractivity contribution in [1.82, 2.24) is 9.55 Å². The van der Waals surface area contributed by atoms with Gasteiger partial charge in [0, 0.05) is 16.9 Å². The summed E-state index contributed by atoms with van der Waals surface area (Å²) in [5, 5.41) is 0. The van der Waals surface area contributed by atoms with Crippen LogP contribution in [0.1, 0.15) is 44.7 Å². The molecular formula is C18H20N2O. The van der Waals surface area contributed by atoms with Crippen LogP contribution in [-0.4, -0.2) is 15.3 Å². The molecule has 0 spiro atoms. The van der Waals surface area contributed by atoms with E-state index in [0.29, 0.717) is 5.78 Å². The van der Waals surface area contributed by atoms with Crippen molar-refractivity contribution in [3.05, 3.63) is 42.4 Å². The van der Waals surface area contributed by atoms with Crippen LogP contribution in [0.15, 0.2) is 36.8 Å². The standard InChI is InChI=1S/C18H20N2O/c1-18(2)9-5-8-14(17(18)21)16-13-7-4-3-6-12(13)15-10-19-11-20(15)16/h3-4,6-7,10-11,14,16H,5,8-9H2,1-2H3. The van der Waals surface area contributed by atoms with Crippen LogP contribution in [0.4, 0.5) is 0 Å². The minimum absolute atomic E-state index is 0.0744. The number of carbonyl (C=O) groups is 1. The van der Waals surface area contributed by atoms with Crippen LogP contribution < -0.4 is 0 Å². The van der Waals surface area contributed by atoms with Gasteiger partial charge in [-0.1, -0.05) is 44.5 Å². The minimum Gasteiger partial charge on any atom is -0.322 e. The van der Waals surface area contributed by atoms with E-state index in [2.05, 4.69) is 47.7 Å². The first-order chi connectivity index (χ1) is 10.1. The van der Waals surface area contributed by atoms with Crippen molar-refractivity contribution in [3.63, 3.8) is 0 Å². The van der Waals surface area contributed by atoms with Crippen LogP contribution in [0.25, 0.3) is 11.3 Å². The van der Waals surface area contributed by atoms with Gasteiger partial charge in [-0.25, -0.2) is 4.98 Å². The van der Waals surface area contributed by atoms with Crippen LogP contribution in [0.3, 0.4) is 0 Å². The van der Waals surface area contributed by atoms with Crippen molar-refractivity contribution in [2.24, 2.45) is 11.3 Å². The highest BCUT2D eigenvalue weighted by Gasteiger charge is 2.44. The summed E-state index contributed by atoms with van der Waals surface area (Å²) >= 11 is 0. The molecule has 1 aromatic carbocycles. The Kier molecular flexibility index (Phi) is 2.62. The van der Waals surface area contributed by atoms with Gasteiger partial charge in [-0.05, 0) is 18.4 Å². The summed E-state index contributed by atoms with van der Waals surface area (Å²) in [5.41, 5.74) is 3.47. The molecule has 1 fully saturated rings. The molecule has 21 heavy (non-hydrogen) atoms. The monoisotopic (exact) mass is 280 g/mol. The van der Waals surface area contributed by atoms with Crippen molar-refractivity contribution in [2.75, 3.05) is 0 Å². The van der Waals surface area contributed by atoms with Crippen molar-refractivity contribution < 1.29 is 4.79 Å². The van der Waals surface area contributed by atoms with E-state index in [1.165, 1.54) is 11.1 Å². The minimum atomic E-state index is -0.193. The smallest absolute Gasteiger partial charge is 0.143 e. The van der Waals surface area contributed by atoms with Gasteiger partial charge < -0.3 is 4.57 Å². The van der Waals surface area contributed by atoms with Crippen LogP contribution in [-0.2, 0) is 4.79 Å². The molecule has 4 rings (SSSR count). The predicted molar refractivity (Wildman–Crippen MR) is 81.9 cm³/mol. The topological polar surface area (TPSA) is 34.9 Å². The van der Waals surface area contributed by atoms with E-state index in [1.807, 2.05) is 12.5 Å². The van der Waals surface area contributed by atoms with Crippen LogP contribution >= 0.6 is 0 Å². The predicted octanol–water partition coefficient (Wildman–Crippen LogP) is 3.85. The van der Waals surface area contributed by atoms with Crippen molar-refractivity contribution in [1.29, 1.82) is 0 Å². The number of fused-ring (bicyclic) bond motifs is 3. The summed E-state index contributed by atoms with van der Waals surface area (Å²) in [4.78, 5) is 17.2. The Labute approximate surface area is 125 Å². The Balaban J connectivity index is 1.84. The van der Waals surface area contributed by atoms with E-state index in [0.717, 1.165) is 25.0 Å². The summed E-state index contributed by atoms with van der Waals surface area (Å²) in [6.45, 7) is 4.19. The quantitative estimate of drug-likeness (QED) is 0.795. The highest BCUT2D eigenvalue weighted by Crippen LogP contribution is 2.48. The molecular weight excluding hydrogens is 260 g/mol. The summed E-state index contributed by atoms with van der Waals surface area (Å²) in [6.07, 6.45) is 6.92. The number of ketones is 1. The molecule has 2 unspecified atom stereocenters. The van der Waals surface area contributed by atoms with E-state index in [9.17, 15) is 4.79 Å². The van der Waals surface area contributed by atoms with Gasteiger partial charge in [0.05, 0.1) is 24.3 Å². The second-order valence-electron chi connectivity index (χ2n) is 6.97. The summed E-state index contributed by atoms with van der Waals surface area (Å²) < 4.78 is 2.20. The second kappa shape index (κ2) is 4.30. The average molecular weight is 280 g/mol. The zero-order chi connectivity index (χ0) is 14.6. The molecule has 2 atom stereocenters. The van der Waals surface area contributed by atoms with Gasteiger partial charge in [-0.3, -0.25) is 4.79 Å². The molecule has 0 radical (unpaired) electrons. The molecule has 3 nitrogen and oxygen atoms in total. The maximum Gasteiger partial charge on any atom is 0.143 e. The van der Waals surface area contributed by atoms with E-state index >= 15 is 0 Å². The highest BCUT2D eigenvalue weighted by atomic mass is 16.1. The molecule has 3 heteroatoms. The third-order valence-electron chi connectivity index (χ3n) is 5.22. The number of hydrogen-bond acceptors (Lipinski definition) is 2. The van der Waals surface area contributed by atoms with Gasteiger partial charge in [0.2, 0.25) is 0 Å². The van der Waals surface area contributed by atoms with E-state index in [1.54, 1.807) is 0 Å². The second-order valence-corrected chi connectivity index (χ2v) is 6.97. The molecule has 2 aliphatic rings. The summed E-state index contributed by atoms with van der Waals surface area (Å²) in [6, 6.07) is 8.57. The lowest BCUT2D eigenvalue weighted by atomic mass is 9.68. The van der Waals surface area contributed by atoms with Crippen LogP contribution in [0.2, 0.25) is 0 Å². The lowest BCUT2D eigenvalue weighted by molar-refractivity contribution is -0.135. The largest absolute Gasteiger partial charge is 0.322 e. The van der Waals surface area contributed by atoms with E-state index in [-0.39, 0.29) is 17.4 Å². The van der Waals surface area contributed by atoms with Gasteiger partial charge in [0.1, 0.15) is 5.78 Å². The van der Waals surface area contributed by atoms with Crippen molar-refractivity contribution in [2.45, 2.75) is 39.2 Å². The van der Waals surface area contributed by atoms with E-state index < -0.39 is 0 Å². The first kappa shape index (κ1) is 12.8. The molecule has 1 aromatic heterocycles. The number of Topliss-reactive ketones (excluding diaryl/α,β-unsaturated/α-hetero) is 1. The molecule has 0 saturated heterocycles. The Bertz CT molecular complexity index is 714. The van der Waals surface area contributed by atoms with Gasteiger partial charge in [-0.15, -0.1) is 0 Å². The maximum atomic E-state index is 12.9. The van der Waals surface area contributed by atoms with E-state index in [4.69, 9.17) is 0 Å². The Morgan fingerprint density at radius 1 is 1.29 bits per heavy atom. The fraction of sp³-hybridized carbons (Fsp3) is 0.444. The number of imidazole rings is 1. The zero-order valence-corrected chi connectivity index (χ0v) is 12.5. The summed E-state index contributed by atoms with van der Waals surface area (Å²) in [7, 11) is 0. The number of nitrogens with zero attached hydrogens (tertiary/aromatic N) is 2. The Morgan fingerprint density at radius 3 is 2.95 bits per heavy atom. The first-order valence-corrected chi connectivity index (χ1v) is 7.75. The molecule has 0 N–H and O–H groups in total. The van der Waals surface area contributed by atoms with Crippen LogP contribution in [0, 0.1) is 11.3 Å². The van der Waals surface area contributed by atoms with Gasteiger partial charge in [-0.2, -0.15) is 0 Å². The van der Waals surface area contributed by atoms with Crippen molar-refractivity contribution in [3.8, 4) is 11.3 Å². The number of aromatic nitrogens is 2. The molecule has 0 amide bonds. The zero-order valence-electron chi connectivity index (χ0n) is 12.5. The SMILES string of the molecule is CC1(C)CCCC(C2c3ccccc3-c3cncn32)C1=O. The summed E-state index contributed by atoms with van der Waals surface area (Å²) in [5.74, 6) is 0.487. The van der Waals surface area contributed by atoms with Crippen molar-refractivity contribution >= 4 is 5.78 Å². The molecule has 1 aliphatic carbocycles. The Morgan fingerprint density at radius 2 is 2.10 bits per heavy atom. The lowest BCUT2D eigenvalue weighted by Gasteiger charge is -2.37.